The number of thioether (sulfide) groups is 1. The number of hydrogen-bond donors (Lipinski definition) is 1. The highest BCUT2D eigenvalue weighted by molar-refractivity contribution is 8.02. The Hall–Kier alpha value is -2.58. The summed E-state index contributed by atoms with van der Waals surface area (Å²) in [7, 11) is 0. The van der Waals surface area contributed by atoms with Crippen LogP contribution in [0.3, 0.4) is 0 Å². The van der Waals surface area contributed by atoms with Gasteiger partial charge in [0, 0.05) is 44.1 Å². The molecule has 1 aliphatic carbocycles. The van der Waals surface area contributed by atoms with Gasteiger partial charge >= 0.3 is 0 Å². The van der Waals surface area contributed by atoms with Gasteiger partial charge in [0.1, 0.15) is 6.04 Å². The van der Waals surface area contributed by atoms with Crippen LogP contribution in [-0.2, 0) is 20.9 Å². The molecule has 1 spiro atoms. The van der Waals surface area contributed by atoms with Crippen LogP contribution in [0.2, 0.25) is 0 Å². The van der Waals surface area contributed by atoms with Crippen LogP contribution in [0, 0.1) is 17.8 Å². The van der Waals surface area contributed by atoms with E-state index < -0.39 is 22.6 Å². The summed E-state index contributed by atoms with van der Waals surface area (Å²) in [6.45, 7) is 11.6. The number of aliphatic hydroxyl groups is 1. The Labute approximate surface area is 249 Å². The Morgan fingerprint density at radius 3 is 2.46 bits per heavy atom. The van der Waals surface area contributed by atoms with Gasteiger partial charge in [0.2, 0.25) is 17.7 Å². The fourth-order valence-electron chi connectivity index (χ4n) is 8.07. The second kappa shape index (κ2) is 12.7. The first-order valence-electron chi connectivity index (χ1n) is 15.3. The minimum atomic E-state index is -0.657. The number of hydrogen-bond acceptors (Lipinski definition) is 5. The molecule has 41 heavy (non-hydrogen) atoms. The number of fused-ring (bicyclic) bond motifs is 1. The molecular formula is C33H45N3O4S. The van der Waals surface area contributed by atoms with Gasteiger partial charge in [-0.2, -0.15) is 0 Å². The number of rotatable bonds is 12. The number of nitrogens with zero attached hydrogens (tertiary/aromatic N) is 3. The highest BCUT2D eigenvalue weighted by Crippen LogP contribution is 2.69. The van der Waals surface area contributed by atoms with E-state index >= 15 is 0 Å². The standard InChI is InChI=1S/C33H45N3O4S/c1-4-17-34(22-24-13-8-6-9-14-24)30(38)27-26-21-23(3)33(41-26)28(27)31(39)36(19-12-20-37)29(33)32(40)35(18-5-2)25-15-10-7-11-16-25/h4-6,8-9,13-14,23,25-29,37H,1-2,7,10-12,15-22H2,3H3/t23?,26-,27+,28+,29?,33?/m1/s1. The molecule has 0 aromatic heterocycles. The second-order valence-corrected chi connectivity index (χ2v) is 13.8. The Bertz CT molecular complexity index is 1140. The zero-order valence-electron chi connectivity index (χ0n) is 24.3. The molecule has 1 aromatic carbocycles. The number of carbonyl (C=O) groups excluding carboxylic acids is 3. The third-order valence-electron chi connectivity index (χ3n) is 9.82. The van der Waals surface area contributed by atoms with Crippen LogP contribution < -0.4 is 0 Å². The lowest BCUT2D eigenvalue weighted by Crippen LogP contribution is -2.59. The molecular weight excluding hydrogens is 534 g/mol. The lowest BCUT2D eigenvalue weighted by Gasteiger charge is -2.43. The average Bonchev–Trinajstić information content (AvgIpc) is 3.58. The maximum absolute atomic E-state index is 14.7. The predicted octanol–water partition coefficient (Wildman–Crippen LogP) is 4.27. The molecule has 1 aromatic rings. The topological polar surface area (TPSA) is 81.2 Å². The third-order valence-corrected chi connectivity index (χ3v) is 11.9. The molecule has 7 nitrogen and oxygen atoms in total. The highest BCUT2D eigenvalue weighted by Gasteiger charge is 2.76. The van der Waals surface area contributed by atoms with Crippen molar-refractivity contribution in [1.29, 1.82) is 0 Å². The van der Waals surface area contributed by atoms with E-state index in [0.29, 0.717) is 32.6 Å². The molecule has 3 heterocycles. The van der Waals surface area contributed by atoms with E-state index in [-0.39, 0.29) is 41.5 Å². The van der Waals surface area contributed by atoms with Crippen molar-refractivity contribution in [2.75, 3.05) is 26.2 Å². The number of amides is 3. The van der Waals surface area contributed by atoms with Crippen LogP contribution in [0.15, 0.2) is 55.6 Å². The van der Waals surface area contributed by atoms with Gasteiger partial charge in [-0.15, -0.1) is 24.9 Å². The van der Waals surface area contributed by atoms with Crippen molar-refractivity contribution in [3.8, 4) is 0 Å². The zero-order chi connectivity index (χ0) is 29.1. The summed E-state index contributed by atoms with van der Waals surface area (Å²) in [4.78, 5) is 49.0. The van der Waals surface area contributed by atoms with Crippen molar-refractivity contribution in [3.63, 3.8) is 0 Å². The van der Waals surface area contributed by atoms with E-state index in [1.165, 1.54) is 6.42 Å². The first-order chi connectivity index (χ1) is 19.9. The SMILES string of the molecule is C=CCN(Cc1ccccc1)C(=O)[C@@H]1[C@H]2C(=O)N(CCCO)C(C(=O)N(CC=C)C3CCCCC3)C23S[C@@H]1CC3C. The summed E-state index contributed by atoms with van der Waals surface area (Å²) >= 11 is 1.72. The van der Waals surface area contributed by atoms with Gasteiger partial charge in [-0.25, -0.2) is 0 Å². The first kappa shape index (κ1) is 29.9. The van der Waals surface area contributed by atoms with Crippen molar-refractivity contribution >= 4 is 29.5 Å². The fourth-order valence-corrected chi connectivity index (χ4v) is 10.5. The van der Waals surface area contributed by atoms with E-state index in [1.54, 1.807) is 28.8 Å². The summed E-state index contributed by atoms with van der Waals surface area (Å²) in [6, 6.07) is 9.41. The van der Waals surface area contributed by atoms with Crippen LogP contribution in [0.5, 0.6) is 0 Å². The van der Waals surface area contributed by atoms with Crippen molar-refractivity contribution in [1.82, 2.24) is 14.7 Å². The molecule has 3 unspecified atom stereocenters. The molecule has 3 amide bonds. The molecule has 4 fully saturated rings. The zero-order valence-corrected chi connectivity index (χ0v) is 25.1. The highest BCUT2D eigenvalue weighted by atomic mass is 32.2. The predicted molar refractivity (Wildman–Crippen MR) is 163 cm³/mol. The fraction of sp³-hybridized carbons (Fsp3) is 0.606. The number of benzene rings is 1. The molecule has 222 valence electrons. The Kier molecular flexibility index (Phi) is 9.29. The van der Waals surface area contributed by atoms with Gasteiger partial charge in [-0.1, -0.05) is 68.7 Å². The van der Waals surface area contributed by atoms with Crippen molar-refractivity contribution in [3.05, 3.63) is 61.2 Å². The Morgan fingerprint density at radius 1 is 1.10 bits per heavy atom. The third kappa shape index (κ3) is 5.27. The smallest absolute Gasteiger partial charge is 0.247 e. The molecule has 6 atom stereocenters. The maximum atomic E-state index is 14.7. The van der Waals surface area contributed by atoms with Crippen LogP contribution in [-0.4, -0.2) is 85.8 Å². The Morgan fingerprint density at radius 2 is 1.80 bits per heavy atom. The van der Waals surface area contributed by atoms with Gasteiger partial charge in [0.05, 0.1) is 16.6 Å². The second-order valence-electron chi connectivity index (χ2n) is 12.2. The molecule has 5 rings (SSSR count). The summed E-state index contributed by atoms with van der Waals surface area (Å²) in [6.07, 6.45) is 10.1. The van der Waals surface area contributed by atoms with Crippen LogP contribution in [0.4, 0.5) is 0 Å². The van der Waals surface area contributed by atoms with Crippen LogP contribution >= 0.6 is 11.8 Å². The van der Waals surface area contributed by atoms with Crippen molar-refractivity contribution in [2.45, 2.75) is 80.5 Å². The summed E-state index contributed by atoms with van der Waals surface area (Å²) < 4.78 is -0.657. The molecule has 0 radical (unpaired) electrons. The van der Waals surface area contributed by atoms with E-state index in [1.807, 2.05) is 40.1 Å². The van der Waals surface area contributed by atoms with Gasteiger partial charge < -0.3 is 19.8 Å². The normalized spacial score (nSPS) is 30.7. The summed E-state index contributed by atoms with van der Waals surface area (Å²) in [5.41, 5.74) is 1.03. The van der Waals surface area contributed by atoms with E-state index in [2.05, 4.69) is 20.1 Å². The molecule has 2 bridgehead atoms. The lowest BCUT2D eigenvalue weighted by molar-refractivity contribution is -0.145. The average molecular weight is 580 g/mol. The van der Waals surface area contributed by atoms with Crippen LogP contribution in [0.1, 0.15) is 57.4 Å². The maximum Gasteiger partial charge on any atom is 0.247 e. The molecule has 1 saturated carbocycles. The van der Waals surface area contributed by atoms with E-state index in [0.717, 1.165) is 37.7 Å². The number of likely N-dealkylation sites (tertiary alicyclic amines) is 1. The van der Waals surface area contributed by atoms with Gasteiger partial charge in [0.25, 0.3) is 0 Å². The molecule has 3 aliphatic heterocycles. The molecule has 4 aliphatic rings. The van der Waals surface area contributed by atoms with E-state index in [9.17, 15) is 19.5 Å². The van der Waals surface area contributed by atoms with Crippen molar-refractivity contribution < 1.29 is 19.5 Å². The number of aliphatic hydroxyl groups excluding tert-OH is 1. The first-order valence-corrected chi connectivity index (χ1v) is 16.2. The van der Waals surface area contributed by atoms with E-state index in [4.69, 9.17) is 0 Å². The monoisotopic (exact) mass is 579 g/mol. The lowest BCUT2D eigenvalue weighted by atomic mass is 9.65. The minimum absolute atomic E-state index is 0.00707. The molecule has 8 heteroatoms. The quantitative estimate of drug-likeness (QED) is 0.374. The number of carbonyl (C=O) groups is 3. The molecule has 3 saturated heterocycles. The largest absolute Gasteiger partial charge is 0.396 e. The Balaban J connectivity index is 1.51. The van der Waals surface area contributed by atoms with Gasteiger partial charge in [-0.3, -0.25) is 14.4 Å². The van der Waals surface area contributed by atoms with Gasteiger partial charge in [-0.05, 0) is 37.2 Å². The van der Waals surface area contributed by atoms with Crippen LogP contribution in [0.25, 0.3) is 0 Å². The minimum Gasteiger partial charge on any atom is -0.396 e. The van der Waals surface area contributed by atoms with Crippen molar-refractivity contribution in [2.24, 2.45) is 17.8 Å². The molecule has 1 N–H and O–H groups in total. The summed E-state index contributed by atoms with van der Waals surface area (Å²) in [5, 5.41) is 9.70. The van der Waals surface area contributed by atoms with Gasteiger partial charge in [0.15, 0.2) is 0 Å². The summed E-state index contributed by atoms with van der Waals surface area (Å²) in [5.74, 6) is -1.06.